The molecule has 1 heterocycles. The SMILES string of the molecule is CC1Oc2ccccc2N(CC(=O)NCCSCC(=O)O)C1=O. The predicted octanol–water partition coefficient (Wildman–Crippen LogP) is 0.734. The number of carbonyl (C=O) groups is 3. The lowest BCUT2D eigenvalue weighted by molar-refractivity contribution is -0.134. The summed E-state index contributed by atoms with van der Waals surface area (Å²) in [4.78, 5) is 36.0. The highest BCUT2D eigenvalue weighted by Crippen LogP contribution is 2.33. The number of fused-ring (bicyclic) bond motifs is 1. The van der Waals surface area contributed by atoms with Crippen molar-refractivity contribution in [3.8, 4) is 5.75 Å². The number of hydrogen-bond donors (Lipinski definition) is 2. The summed E-state index contributed by atoms with van der Waals surface area (Å²) >= 11 is 1.22. The molecule has 1 aromatic carbocycles. The molecular formula is C15H18N2O5S. The zero-order valence-electron chi connectivity index (χ0n) is 12.7. The number of thioether (sulfide) groups is 1. The molecule has 0 bridgehead atoms. The number of hydrogen-bond acceptors (Lipinski definition) is 5. The third kappa shape index (κ3) is 4.62. The molecule has 0 aliphatic carbocycles. The number of amides is 2. The van der Waals surface area contributed by atoms with Gasteiger partial charge in [0.15, 0.2) is 6.10 Å². The van der Waals surface area contributed by atoms with Crippen LogP contribution in [0.4, 0.5) is 5.69 Å². The number of rotatable bonds is 7. The van der Waals surface area contributed by atoms with E-state index in [0.717, 1.165) is 0 Å². The van der Waals surface area contributed by atoms with Crippen LogP contribution in [0.1, 0.15) is 6.92 Å². The first kappa shape index (κ1) is 17.1. The number of anilines is 1. The number of ether oxygens (including phenoxy) is 1. The van der Waals surface area contributed by atoms with E-state index in [4.69, 9.17) is 9.84 Å². The second-order valence-electron chi connectivity index (χ2n) is 4.95. The minimum absolute atomic E-state index is 0.00269. The standard InChI is InChI=1S/C15H18N2O5S/c1-10-15(21)17(11-4-2-3-5-12(11)22-10)8-13(18)16-6-7-23-9-14(19)20/h2-5,10H,6-9H2,1H3,(H,16,18)(H,19,20). The summed E-state index contributed by atoms with van der Waals surface area (Å²) in [6.45, 7) is 1.91. The first-order chi connectivity index (χ1) is 11.0. The van der Waals surface area contributed by atoms with Gasteiger partial charge in [0, 0.05) is 12.3 Å². The van der Waals surface area contributed by atoms with Crippen LogP contribution in [0.5, 0.6) is 5.75 Å². The van der Waals surface area contributed by atoms with Crippen LogP contribution in [0, 0.1) is 0 Å². The molecule has 2 rings (SSSR count). The molecule has 0 saturated carbocycles. The molecule has 1 aliphatic heterocycles. The van der Waals surface area contributed by atoms with Gasteiger partial charge in [-0.15, -0.1) is 11.8 Å². The molecule has 8 heteroatoms. The summed E-state index contributed by atoms with van der Waals surface area (Å²) in [5.74, 6) is -0.363. The molecule has 7 nitrogen and oxygen atoms in total. The van der Waals surface area contributed by atoms with Gasteiger partial charge in [-0.1, -0.05) is 12.1 Å². The highest BCUT2D eigenvalue weighted by Gasteiger charge is 2.32. The maximum Gasteiger partial charge on any atom is 0.313 e. The van der Waals surface area contributed by atoms with Gasteiger partial charge in [-0.05, 0) is 19.1 Å². The quantitative estimate of drug-likeness (QED) is 0.712. The van der Waals surface area contributed by atoms with E-state index in [1.54, 1.807) is 31.2 Å². The normalized spacial score (nSPS) is 16.5. The van der Waals surface area contributed by atoms with Crippen molar-refractivity contribution >= 4 is 35.2 Å². The Bertz CT molecular complexity index is 607. The lowest BCUT2D eigenvalue weighted by Gasteiger charge is -2.32. The van der Waals surface area contributed by atoms with Gasteiger partial charge in [0.2, 0.25) is 5.91 Å². The number of para-hydroxylation sites is 2. The van der Waals surface area contributed by atoms with Crippen LogP contribution < -0.4 is 15.0 Å². The van der Waals surface area contributed by atoms with Crippen LogP contribution in [0.15, 0.2) is 24.3 Å². The number of carboxylic acids is 1. The van der Waals surface area contributed by atoms with Crippen molar-refractivity contribution in [3.63, 3.8) is 0 Å². The molecule has 1 aromatic rings. The van der Waals surface area contributed by atoms with Gasteiger partial charge < -0.3 is 15.2 Å². The van der Waals surface area contributed by atoms with E-state index in [1.807, 2.05) is 0 Å². The van der Waals surface area contributed by atoms with Gasteiger partial charge in [0.1, 0.15) is 12.3 Å². The van der Waals surface area contributed by atoms with Gasteiger partial charge in [-0.25, -0.2) is 0 Å². The van der Waals surface area contributed by atoms with Crippen molar-refractivity contribution in [2.75, 3.05) is 29.5 Å². The summed E-state index contributed by atoms with van der Waals surface area (Å²) in [5, 5.41) is 11.2. The van der Waals surface area contributed by atoms with Gasteiger partial charge in [0.05, 0.1) is 11.4 Å². The summed E-state index contributed by atoms with van der Waals surface area (Å²) < 4.78 is 5.51. The fourth-order valence-electron chi connectivity index (χ4n) is 2.14. The van der Waals surface area contributed by atoms with E-state index in [-0.39, 0.29) is 24.1 Å². The number of benzene rings is 1. The van der Waals surface area contributed by atoms with E-state index in [1.165, 1.54) is 16.7 Å². The first-order valence-corrected chi connectivity index (χ1v) is 8.28. The Morgan fingerprint density at radius 2 is 2.13 bits per heavy atom. The Morgan fingerprint density at radius 3 is 2.87 bits per heavy atom. The minimum Gasteiger partial charge on any atom is -0.481 e. The molecule has 124 valence electrons. The lowest BCUT2D eigenvalue weighted by atomic mass is 10.2. The fraction of sp³-hybridized carbons (Fsp3) is 0.400. The largest absolute Gasteiger partial charge is 0.481 e. The average Bonchev–Trinajstić information content (AvgIpc) is 2.51. The number of carbonyl (C=O) groups excluding carboxylic acids is 2. The molecule has 0 radical (unpaired) electrons. The van der Waals surface area contributed by atoms with Gasteiger partial charge in [-0.2, -0.15) is 0 Å². The zero-order chi connectivity index (χ0) is 16.8. The number of nitrogens with zero attached hydrogens (tertiary/aromatic N) is 1. The van der Waals surface area contributed by atoms with Crippen molar-refractivity contribution in [1.82, 2.24) is 5.32 Å². The lowest BCUT2D eigenvalue weighted by Crippen LogP contribution is -2.49. The van der Waals surface area contributed by atoms with Crippen molar-refractivity contribution in [2.45, 2.75) is 13.0 Å². The third-order valence-electron chi connectivity index (χ3n) is 3.17. The molecule has 0 saturated heterocycles. The van der Waals surface area contributed by atoms with Crippen LogP contribution in [0.25, 0.3) is 0 Å². The fourth-order valence-corrected chi connectivity index (χ4v) is 2.71. The molecule has 0 fully saturated rings. The highest BCUT2D eigenvalue weighted by molar-refractivity contribution is 7.99. The molecular weight excluding hydrogens is 320 g/mol. The molecule has 1 atom stereocenters. The van der Waals surface area contributed by atoms with Crippen LogP contribution >= 0.6 is 11.8 Å². The molecule has 0 spiro atoms. The van der Waals surface area contributed by atoms with E-state index in [9.17, 15) is 14.4 Å². The van der Waals surface area contributed by atoms with Crippen molar-refractivity contribution in [3.05, 3.63) is 24.3 Å². The van der Waals surface area contributed by atoms with Crippen LogP contribution in [-0.2, 0) is 14.4 Å². The summed E-state index contributed by atoms with van der Waals surface area (Å²) in [5.41, 5.74) is 0.575. The van der Waals surface area contributed by atoms with E-state index < -0.39 is 12.1 Å². The second-order valence-corrected chi connectivity index (χ2v) is 6.05. The molecule has 0 aromatic heterocycles. The average molecular weight is 338 g/mol. The number of nitrogens with one attached hydrogen (secondary N) is 1. The molecule has 1 unspecified atom stereocenters. The molecule has 1 aliphatic rings. The van der Waals surface area contributed by atoms with Gasteiger partial charge in [0.25, 0.3) is 5.91 Å². The van der Waals surface area contributed by atoms with Gasteiger partial charge in [-0.3, -0.25) is 19.3 Å². The van der Waals surface area contributed by atoms with Crippen LogP contribution in [-0.4, -0.2) is 53.6 Å². The zero-order valence-corrected chi connectivity index (χ0v) is 13.5. The maximum atomic E-state index is 12.2. The van der Waals surface area contributed by atoms with Crippen LogP contribution in [0.2, 0.25) is 0 Å². The van der Waals surface area contributed by atoms with Crippen LogP contribution in [0.3, 0.4) is 0 Å². The van der Waals surface area contributed by atoms with Crippen molar-refractivity contribution in [2.24, 2.45) is 0 Å². The topological polar surface area (TPSA) is 95.9 Å². The number of aliphatic carboxylic acids is 1. The number of carboxylic acid groups (broad SMARTS) is 1. The maximum absolute atomic E-state index is 12.2. The Balaban J connectivity index is 1.89. The minimum atomic E-state index is -0.883. The van der Waals surface area contributed by atoms with Crippen molar-refractivity contribution in [1.29, 1.82) is 0 Å². The monoisotopic (exact) mass is 338 g/mol. The Morgan fingerprint density at radius 1 is 1.39 bits per heavy atom. The summed E-state index contributed by atoms with van der Waals surface area (Å²) in [7, 11) is 0. The summed E-state index contributed by atoms with van der Waals surface area (Å²) in [6.07, 6.45) is -0.635. The molecule has 2 N–H and O–H groups in total. The Hall–Kier alpha value is -2.22. The smallest absolute Gasteiger partial charge is 0.313 e. The van der Waals surface area contributed by atoms with E-state index in [2.05, 4.69) is 5.32 Å². The van der Waals surface area contributed by atoms with Crippen molar-refractivity contribution < 1.29 is 24.2 Å². The molecule has 2 amide bonds. The second kappa shape index (κ2) is 7.87. The van der Waals surface area contributed by atoms with E-state index in [0.29, 0.717) is 23.7 Å². The van der Waals surface area contributed by atoms with Gasteiger partial charge >= 0.3 is 5.97 Å². The third-order valence-corrected chi connectivity index (χ3v) is 4.11. The summed E-state index contributed by atoms with van der Waals surface area (Å²) in [6, 6.07) is 7.07. The Labute approximate surface area is 138 Å². The Kier molecular flexibility index (Phi) is 5.86. The van der Waals surface area contributed by atoms with E-state index >= 15 is 0 Å². The first-order valence-electron chi connectivity index (χ1n) is 7.12. The predicted molar refractivity (Wildman–Crippen MR) is 86.9 cm³/mol. The highest BCUT2D eigenvalue weighted by atomic mass is 32.2. The molecule has 23 heavy (non-hydrogen) atoms.